The zero-order valence-corrected chi connectivity index (χ0v) is 23.7. The molecule has 42 heavy (non-hydrogen) atoms. The number of fused-ring (bicyclic) bond motifs is 1. The summed E-state index contributed by atoms with van der Waals surface area (Å²) in [5.74, 6) is -0.0246. The second-order valence-electron chi connectivity index (χ2n) is 10.4. The number of hydrogen-bond acceptors (Lipinski definition) is 6. The summed E-state index contributed by atoms with van der Waals surface area (Å²) in [5.41, 5.74) is 2.37. The van der Waals surface area contributed by atoms with Gasteiger partial charge in [-0.05, 0) is 66.4 Å². The van der Waals surface area contributed by atoms with Gasteiger partial charge in [0.15, 0.2) is 0 Å². The zero-order chi connectivity index (χ0) is 29.1. The van der Waals surface area contributed by atoms with Gasteiger partial charge in [-0.25, -0.2) is 8.42 Å². The summed E-state index contributed by atoms with van der Waals surface area (Å²) in [7, 11) is -3.90. The Balaban J connectivity index is 1.15. The monoisotopic (exact) mass is 582 g/mol. The summed E-state index contributed by atoms with van der Waals surface area (Å²) in [4.78, 5) is 27.3. The van der Waals surface area contributed by atoms with Gasteiger partial charge in [-0.2, -0.15) is 4.31 Å². The first kappa shape index (κ1) is 27.7. The van der Waals surface area contributed by atoms with Crippen LogP contribution in [0, 0.1) is 0 Å². The van der Waals surface area contributed by atoms with Gasteiger partial charge in [0.1, 0.15) is 24.7 Å². The van der Waals surface area contributed by atoms with Crippen LogP contribution >= 0.6 is 0 Å². The first-order chi connectivity index (χ1) is 20.4. The minimum Gasteiger partial charge on any atom is -0.492 e. The van der Waals surface area contributed by atoms with Gasteiger partial charge in [-0.1, -0.05) is 60.7 Å². The Morgan fingerprint density at radius 2 is 1.45 bits per heavy atom. The van der Waals surface area contributed by atoms with Crippen molar-refractivity contribution in [1.29, 1.82) is 0 Å². The standard InChI is InChI=1S/C33H30N2O6S/c36-32-30-20-29(42(38,39)35-19-7-10-26(35)23-41-27-11-5-2-6-12-27)17-18-31(30)34(33(32)37)21-24-13-15-28(16-14-24)40-22-25-8-3-1-4-9-25/h1-6,8-9,11-18,20,26H,7,10,19,21-23H2. The number of nitrogens with zero attached hydrogens (tertiary/aromatic N) is 2. The fraction of sp³-hybridized carbons (Fsp3) is 0.212. The average molecular weight is 583 g/mol. The Morgan fingerprint density at radius 1 is 0.762 bits per heavy atom. The van der Waals surface area contributed by atoms with Crippen LogP contribution in [0.15, 0.2) is 108 Å². The van der Waals surface area contributed by atoms with E-state index < -0.39 is 21.7 Å². The number of ketones is 1. The molecule has 1 unspecified atom stereocenters. The van der Waals surface area contributed by atoms with Crippen molar-refractivity contribution in [3.8, 4) is 11.5 Å². The molecule has 0 aliphatic carbocycles. The van der Waals surface area contributed by atoms with Crippen LogP contribution in [0.5, 0.6) is 11.5 Å². The van der Waals surface area contributed by atoms with E-state index in [4.69, 9.17) is 9.47 Å². The maximum absolute atomic E-state index is 13.6. The molecule has 1 amide bonds. The fourth-order valence-electron chi connectivity index (χ4n) is 5.35. The molecular formula is C33H30N2O6S. The van der Waals surface area contributed by atoms with Crippen LogP contribution in [0.25, 0.3) is 0 Å². The number of amides is 1. The van der Waals surface area contributed by atoms with E-state index in [1.54, 1.807) is 6.07 Å². The molecule has 8 nitrogen and oxygen atoms in total. The Bertz CT molecular complexity index is 1690. The molecule has 6 rings (SSSR count). The number of anilines is 1. The number of benzene rings is 4. The van der Waals surface area contributed by atoms with Crippen molar-refractivity contribution in [3.05, 3.63) is 120 Å². The van der Waals surface area contributed by atoms with E-state index in [0.717, 1.165) is 11.1 Å². The number of sulfonamides is 1. The topological polar surface area (TPSA) is 93.2 Å². The zero-order valence-electron chi connectivity index (χ0n) is 22.9. The maximum Gasteiger partial charge on any atom is 0.299 e. The minimum absolute atomic E-state index is 0.00391. The van der Waals surface area contributed by atoms with Crippen LogP contribution in [0.3, 0.4) is 0 Å². The SMILES string of the molecule is O=C1C(=O)N(Cc2ccc(OCc3ccccc3)cc2)c2ccc(S(=O)(=O)N3CCCC3COc3ccccc3)cc21. The lowest BCUT2D eigenvalue weighted by Gasteiger charge is -2.24. The van der Waals surface area contributed by atoms with Gasteiger partial charge in [-0.15, -0.1) is 0 Å². The second kappa shape index (κ2) is 11.8. The summed E-state index contributed by atoms with van der Waals surface area (Å²) in [6, 6.07) is 30.5. The molecule has 0 bridgehead atoms. The number of Topliss-reactive ketones (excluding diaryl/α,β-unsaturated/α-hetero) is 1. The van der Waals surface area contributed by atoms with Crippen LogP contribution in [-0.4, -0.2) is 43.6 Å². The lowest BCUT2D eigenvalue weighted by Crippen LogP contribution is -2.39. The normalized spacial score (nSPS) is 17.0. The smallest absolute Gasteiger partial charge is 0.299 e. The molecule has 4 aromatic rings. The lowest BCUT2D eigenvalue weighted by molar-refractivity contribution is -0.114. The van der Waals surface area contributed by atoms with Gasteiger partial charge < -0.3 is 14.4 Å². The summed E-state index contributed by atoms with van der Waals surface area (Å²) in [6.45, 7) is 1.21. The number of para-hydroxylation sites is 1. The molecule has 1 fully saturated rings. The van der Waals surface area contributed by atoms with Gasteiger partial charge in [0, 0.05) is 6.54 Å². The highest BCUT2D eigenvalue weighted by Gasteiger charge is 2.40. The van der Waals surface area contributed by atoms with Crippen LogP contribution in [0.4, 0.5) is 5.69 Å². The third-order valence-electron chi connectivity index (χ3n) is 7.57. The predicted molar refractivity (Wildman–Crippen MR) is 158 cm³/mol. The van der Waals surface area contributed by atoms with Gasteiger partial charge in [0.2, 0.25) is 10.0 Å². The van der Waals surface area contributed by atoms with Crippen molar-refractivity contribution in [2.75, 3.05) is 18.1 Å². The molecule has 2 aliphatic heterocycles. The molecule has 0 spiro atoms. The van der Waals surface area contributed by atoms with E-state index in [-0.39, 0.29) is 29.7 Å². The van der Waals surface area contributed by atoms with Crippen LogP contribution < -0.4 is 14.4 Å². The van der Waals surface area contributed by atoms with Crippen molar-refractivity contribution in [1.82, 2.24) is 4.31 Å². The largest absolute Gasteiger partial charge is 0.492 e. The van der Waals surface area contributed by atoms with Crippen molar-refractivity contribution in [2.24, 2.45) is 0 Å². The third kappa shape index (κ3) is 5.66. The number of ether oxygens (including phenoxy) is 2. The number of carbonyl (C=O) groups excluding carboxylic acids is 2. The van der Waals surface area contributed by atoms with E-state index in [9.17, 15) is 18.0 Å². The van der Waals surface area contributed by atoms with Gasteiger partial charge >= 0.3 is 0 Å². The molecule has 2 heterocycles. The molecule has 214 valence electrons. The molecule has 2 aliphatic rings. The van der Waals surface area contributed by atoms with E-state index in [0.29, 0.717) is 43.2 Å². The number of carbonyl (C=O) groups is 2. The maximum atomic E-state index is 13.6. The predicted octanol–water partition coefficient (Wildman–Crippen LogP) is 5.23. The summed E-state index contributed by atoms with van der Waals surface area (Å²) in [6.07, 6.45) is 1.40. The Hall–Kier alpha value is -4.47. The summed E-state index contributed by atoms with van der Waals surface area (Å²) < 4.78 is 40.4. The fourth-order valence-corrected chi connectivity index (χ4v) is 7.05. The molecule has 1 saturated heterocycles. The minimum atomic E-state index is -3.90. The highest BCUT2D eigenvalue weighted by Crippen LogP contribution is 2.35. The van der Waals surface area contributed by atoms with E-state index >= 15 is 0 Å². The van der Waals surface area contributed by atoms with Crippen LogP contribution in [0.2, 0.25) is 0 Å². The second-order valence-corrected chi connectivity index (χ2v) is 12.2. The molecule has 0 N–H and O–H groups in total. The molecule has 1 atom stereocenters. The van der Waals surface area contributed by atoms with Crippen LogP contribution in [0.1, 0.15) is 34.3 Å². The number of rotatable bonds is 10. The Kier molecular flexibility index (Phi) is 7.78. The van der Waals surface area contributed by atoms with Crippen molar-refractivity contribution in [2.45, 2.75) is 36.9 Å². The Labute approximate surface area is 245 Å². The lowest BCUT2D eigenvalue weighted by atomic mass is 10.1. The van der Waals surface area contributed by atoms with Crippen molar-refractivity contribution < 1.29 is 27.5 Å². The third-order valence-corrected chi connectivity index (χ3v) is 9.52. The summed E-state index contributed by atoms with van der Waals surface area (Å²) in [5, 5.41) is 0. The van der Waals surface area contributed by atoms with E-state index in [1.807, 2.05) is 84.9 Å². The first-order valence-electron chi connectivity index (χ1n) is 13.9. The van der Waals surface area contributed by atoms with Crippen molar-refractivity contribution >= 4 is 27.4 Å². The van der Waals surface area contributed by atoms with Crippen molar-refractivity contribution in [3.63, 3.8) is 0 Å². The van der Waals surface area contributed by atoms with E-state index in [2.05, 4.69) is 0 Å². The Morgan fingerprint density at radius 3 is 2.19 bits per heavy atom. The van der Waals surface area contributed by atoms with E-state index in [1.165, 1.54) is 21.3 Å². The highest BCUT2D eigenvalue weighted by atomic mass is 32.2. The first-order valence-corrected chi connectivity index (χ1v) is 15.3. The molecular weight excluding hydrogens is 552 g/mol. The molecule has 0 radical (unpaired) electrons. The van der Waals surface area contributed by atoms with Gasteiger partial charge in [0.05, 0.1) is 28.7 Å². The average Bonchev–Trinajstić information content (AvgIpc) is 3.60. The molecule has 9 heteroatoms. The highest BCUT2D eigenvalue weighted by molar-refractivity contribution is 7.89. The molecule has 0 saturated carbocycles. The molecule has 4 aromatic carbocycles. The summed E-state index contributed by atoms with van der Waals surface area (Å²) >= 11 is 0. The van der Waals surface area contributed by atoms with Crippen LogP contribution in [-0.2, 0) is 28.0 Å². The van der Waals surface area contributed by atoms with Gasteiger partial charge in [0.25, 0.3) is 11.7 Å². The number of hydrogen-bond donors (Lipinski definition) is 0. The quantitative estimate of drug-likeness (QED) is 0.238. The van der Waals surface area contributed by atoms with Gasteiger partial charge in [-0.3, -0.25) is 9.59 Å². The molecule has 0 aromatic heterocycles.